The molecule has 3 N–H and O–H groups in total. The smallest absolute Gasteiger partial charge is 0.339 e. The van der Waals surface area contributed by atoms with Crippen molar-refractivity contribution in [2.24, 2.45) is 5.73 Å². The van der Waals surface area contributed by atoms with Crippen molar-refractivity contribution >= 4 is 11.6 Å². The average Bonchev–Trinajstić information content (AvgIpc) is 2.28. The minimum atomic E-state index is -0.809. The van der Waals surface area contributed by atoms with Crippen LogP contribution in [0.15, 0.2) is 35.9 Å². The summed E-state index contributed by atoms with van der Waals surface area (Å²) in [6, 6.07) is 8.84. The maximum atomic E-state index is 10.8. The topological polar surface area (TPSA) is 66.6 Å². The molecule has 0 radical (unpaired) electrons. The number of primary amides is 1. The van der Waals surface area contributed by atoms with Gasteiger partial charge in [0.15, 0.2) is 0 Å². The first-order valence-corrected chi connectivity index (χ1v) is 5.14. The van der Waals surface area contributed by atoms with Gasteiger partial charge in [0.1, 0.15) is 0 Å². The molecule has 0 aliphatic heterocycles. The van der Waals surface area contributed by atoms with E-state index in [-0.39, 0.29) is 6.04 Å². The fourth-order valence-electron chi connectivity index (χ4n) is 1.99. The lowest BCUT2D eigenvalue weighted by molar-refractivity contribution is -0.0668. The predicted octanol–water partition coefficient (Wildman–Crippen LogP) is 2.00. The van der Waals surface area contributed by atoms with Gasteiger partial charge >= 0.3 is 6.03 Å². The summed E-state index contributed by atoms with van der Waals surface area (Å²) >= 11 is 0. The van der Waals surface area contributed by atoms with Gasteiger partial charge in [0.05, 0.1) is 6.04 Å². The molecule has 0 spiro atoms. The van der Waals surface area contributed by atoms with Crippen LogP contribution in [-0.4, -0.2) is 22.3 Å². The fraction of sp³-hybridized carbons (Fsp3) is 0.250. The van der Waals surface area contributed by atoms with Crippen LogP contribution in [-0.2, 0) is 0 Å². The molecule has 0 saturated carbocycles. The van der Waals surface area contributed by atoms with Crippen molar-refractivity contribution in [2.75, 3.05) is 0 Å². The van der Waals surface area contributed by atoms with Gasteiger partial charge in [0, 0.05) is 0 Å². The Labute approximate surface area is 93.9 Å². The van der Waals surface area contributed by atoms with E-state index in [0.717, 1.165) is 11.1 Å². The monoisotopic (exact) mass is 218 g/mol. The van der Waals surface area contributed by atoms with Crippen molar-refractivity contribution in [1.82, 2.24) is 5.06 Å². The molecular formula is C12H14N2O2. The normalized spacial score (nSPS) is 19.2. The zero-order valence-corrected chi connectivity index (χ0v) is 9.05. The SMILES string of the molecule is CC1=C(c2ccccc2)CC1N(O)C(N)=O. The number of nitrogens with zero attached hydrogens (tertiary/aromatic N) is 1. The van der Waals surface area contributed by atoms with Crippen LogP contribution in [0.2, 0.25) is 0 Å². The molecule has 84 valence electrons. The summed E-state index contributed by atoms with van der Waals surface area (Å²) in [4.78, 5) is 10.8. The van der Waals surface area contributed by atoms with Crippen molar-refractivity contribution in [1.29, 1.82) is 0 Å². The Morgan fingerprint density at radius 1 is 1.44 bits per heavy atom. The Morgan fingerprint density at radius 3 is 2.56 bits per heavy atom. The van der Waals surface area contributed by atoms with Gasteiger partial charge < -0.3 is 5.73 Å². The number of nitrogens with two attached hydrogens (primary N) is 1. The third-order valence-corrected chi connectivity index (χ3v) is 3.02. The van der Waals surface area contributed by atoms with Gasteiger partial charge in [-0.1, -0.05) is 30.3 Å². The molecule has 1 aliphatic rings. The zero-order chi connectivity index (χ0) is 11.7. The number of rotatable bonds is 2. The van der Waals surface area contributed by atoms with Crippen molar-refractivity contribution in [3.63, 3.8) is 0 Å². The molecule has 0 bridgehead atoms. The highest BCUT2D eigenvalue weighted by Crippen LogP contribution is 2.38. The van der Waals surface area contributed by atoms with Crippen molar-refractivity contribution < 1.29 is 10.0 Å². The minimum Gasteiger partial charge on any atom is -0.350 e. The minimum absolute atomic E-state index is 0.271. The van der Waals surface area contributed by atoms with Gasteiger partial charge in [-0.2, -0.15) is 5.06 Å². The molecule has 2 amide bonds. The standard InChI is InChI=1S/C12H14N2O2/c1-8-10(9-5-3-2-4-6-9)7-11(8)14(16)12(13)15/h2-6,11,16H,7H2,1H3,(H2,13,15). The molecule has 16 heavy (non-hydrogen) atoms. The van der Waals surface area contributed by atoms with Gasteiger partial charge in [-0.15, -0.1) is 0 Å². The molecule has 1 atom stereocenters. The Bertz CT molecular complexity index is 440. The van der Waals surface area contributed by atoms with E-state index in [1.54, 1.807) is 0 Å². The molecule has 4 nitrogen and oxygen atoms in total. The largest absolute Gasteiger partial charge is 0.350 e. The molecular weight excluding hydrogens is 204 g/mol. The molecule has 4 heteroatoms. The third-order valence-electron chi connectivity index (χ3n) is 3.02. The van der Waals surface area contributed by atoms with Crippen LogP contribution in [0, 0.1) is 0 Å². The molecule has 0 aromatic heterocycles. The van der Waals surface area contributed by atoms with Gasteiger partial charge in [0.25, 0.3) is 0 Å². The Hall–Kier alpha value is -1.81. The Morgan fingerprint density at radius 2 is 2.06 bits per heavy atom. The Balaban J connectivity index is 2.20. The molecule has 0 heterocycles. The van der Waals surface area contributed by atoms with Gasteiger partial charge in [-0.05, 0) is 30.1 Å². The lowest BCUT2D eigenvalue weighted by Gasteiger charge is -2.36. The summed E-state index contributed by atoms with van der Waals surface area (Å²) in [6.07, 6.45) is 0.648. The third kappa shape index (κ3) is 1.67. The van der Waals surface area contributed by atoms with Gasteiger partial charge in [-0.25, -0.2) is 4.79 Å². The molecule has 1 aromatic carbocycles. The van der Waals surface area contributed by atoms with Crippen LogP contribution in [0.4, 0.5) is 4.79 Å². The van der Waals surface area contributed by atoms with E-state index in [0.29, 0.717) is 11.5 Å². The first kappa shape index (κ1) is 10.7. The van der Waals surface area contributed by atoms with Gasteiger partial charge in [-0.3, -0.25) is 5.21 Å². The van der Waals surface area contributed by atoms with Crippen molar-refractivity contribution in [3.8, 4) is 0 Å². The molecule has 1 aliphatic carbocycles. The number of hydrogen-bond donors (Lipinski definition) is 2. The summed E-state index contributed by atoms with van der Waals surface area (Å²) in [5.41, 5.74) is 8.31. The fourth-order valence-corrected chi connectivity index (χ4v) is 1.99. The van der Waals surface area contributed by atoms with Gasteiger partial charge in [0.2, 0.25) is 0 Å². The molecule has 1 unspecified atom stereocenters. The van der Waals surface area contributed by atoms with Crippen LogP contribution >= 0.6 is 0 Å². The highest BCUT2D eigenvalue weighted by molar-refractivity contribution is 5.79. The first-order chi connectivity index (χ1) is 7.61. The van der Waals surface area contributed by atoms with Crippen LogP contribution in [0.5, 0.6) is 0 Å². The summed E-state index contributed by atoms with van der Waals surface area (Å²) in [7, 11) is 0. The van der Waals surface area contributed by atoms with E-state index in [2.05, 4.69) is 0 Å². The molecule has 0 saturated heterocycles. The number of carbonyl (C=O) groups is 1. The quantitative estimate of drug-likeness (QED) is 0.589. The highest BCUT2D eigenvalue weighted by atomic mass is 16.5. The lowest BCUT2D eigenvalue weighted by atomic mass is 9.80. The van der Waals surface area contributed by atoms with Crippen LogP contribution < -0.4 is 5.73 Å². The zero-order valence-electron chi connectivity index (χ0n) is 9.05. The maximum Gasteiger partial charge on any atom is 0.339 e. The molecule has 1 aromatic rings. The van der Waals surface area contributed by atoms with E-state index in [4.69, 9.17) is 5.73 Å². The van der Waals surface area contributed by atoms with E-state index in [1.807, 2.05) is 37.3 Å². The van der Waals surface area contributed by atoms with Crippen LogP contribution in [0.3, 0.4) is 0 Å². The van der Waals surface area contributed by atoms with Crippen LogP contribution in [0.1, 0.15) is 18.9 Å². The molecule has 2 rings (SSSR count). The van der Waals surface area contributed by atoms with Crippen molar-refractivity contribution in [2.45, 2.75) is 19.4 Å². The maximum absolute atomic E-state index is 10.8. The van der Waals surface area contributed by atoms with E-state index in [1.165, 1.54) is 5.57 Å². The van der Waals surface area contributed by atoms with Crippen molar-refractivity contribution in [3.05, 3.63) is 41.5 Å². The predicted molar refractivity (Wildman–Crippen MR) is 60.6 cm³/mol. The first-order valence-electron chi connectivity index (χ1n) is 5.14. The second-order valence-electron chi connectivity index (χ2n) is 3.93. The summed E-state index contributed by atoms with van der Waals surface area (Å²) in [5.74, 6) is 0. The number of hydrogen-bond acceptors (Lipinski definition) is 2. The van der Waals surface area contributed by atoms with Crippen LogP contribution in [0.25, 0.3) is 5.57 Å². The Kier molecular flexibility index (Phi) is 2.66. The average molecular weight is 218 g/mol. The second kappa shape index (κ2) is 3.98. The van der Waals surface area contributed by atoms with E-state index < -0.39 is 6.03 Å². The lowest BCUT2D eigenvalue weighted by Crippen LogP contribution is -2.45. The number of carbonyl (C=O) groups excluding carboxylic acids is 1. The molecule has 0 fully saturated rings. The number of benzene rings is 1. The number of amides is 2. The number of hydroxylamine groups is 2. The van der Waals surface area contributed by atoms with E-state index in [9.17, 15) is 10.0 Å². The summed E-state index contributed by atoms with van der Waals surface area (Å²) in [6.45, 7) is 1.91. The summed E-state index contributed by atoms with van der Waals surface area (Å²) in [5, 5.41) is 10.0. The summed E-state index contributed by atoms with van der Waals surface area (Å²) < 4.78 is 0. The van der Waals surface area contributed by atoms with E-state index >= 15 is 0 Å². The highest BCUT2D eigenvalue weighted by Gasteiger charge is 2.33. The number of urea groups is 1. The second-order valence-corrected chi connectivity index (χ2v) is 3.93.